The molecule has 124 valence electrons. The van der Waals surface area contributed by atoms with Crippen LogP contribution in [0.25, 0.3) is 10.8 Å². The summed E-state index contributed by atoms with van der Waals surface area (Å²) < 4.78 is 5.24. The second kappa shape index (κ2) is 7.01. The molecule has 0 fully saturated rings. The SMILES string of the molecule is COc1ccc2cc([C@H](C)C(=O)NCc3csc(C)n3)ccc2c1. The highest BCUT2D eigenvalue weighted by molar-refractivity contribution is 7.09. The maximum atomic E-state index is 12.4. The first kappa shape index (κ1) is 16.5. The van der Waals surface area contributed by atoms with E-state index in [0.717, 1.165) is 32.8 Å². The van der Waals surface area contributed by atoms with Gasteiger partial charge in [-0.25, -0.2) is 4.98 Å². The third-order valence-corrected chi connectivity index (χ3v) is 4.90. The van der Waals surface area contributed by atoms with Crippen molar-refractivity contribution in [2.45, 2.75) is 26.3 Å². The Morgan fingerprint density at radius 3 is 2.71 bits per heavy atom. The molecule has 0 saturated carbocycles. The van der Waals surface area contributed by atoms with Crippen molar-refractivity contribution in [1.29, 1.82) is 0 Å². The molecule has 0 bridgehead atoms. The highest BCUT2D eigenvalue weighted by Crippen LogP contribution is 2.25. The number of carbonyl (C=O) groups is 1. The van der Waals surface area contributed by atoms with Crippen LogP contribution in [0.15, 0.2) is 41.8 Å². The lowest BCUT2D eigenvalue weighted by Crippen LogP contribution is -2.27. The summed E-state index contributed by atoms with van der Waals surface area (Å²) in [5, 5.41) is 8.15. The van der Waals surface area contributed by atoms with E-state index in [4.69, 9.17) is 4.74 Å². The molecule has 0 spiro atoms. The molecule has 1 atom stereocenters. The molecule has 1 amide bonds. The first-order chi connectivity index (χ1) is 11.6. The van der Waals surface area contributed by atoms with Crippen LogP contribution in [0, 0.1) is 6.92 Å². The van der Waals surface area contributed by atoms with Crippen molar-refractivity contribution in [3.8, 4) is 5.75 Å². The quantitative estimate of drug-likeness (QED) is 0.763. The predicted octanol–water partition coefficient (Wildman–Crippen LogP) is 4.03. The first-order valence-corrected chi connectivity index (χ1v) is 8.71. The summed E-state index contributed by atoms with van der Waals surface area (Å²) in [6.45, 7) is 4.35. The van der Waals surface area contributed by atoms with E-state index >= 15 is 0 Å². The third-order valence-electron chi connectivity index (χ3n) is 4.08. The molecule has 3 rings (SSSR count). The smallest absolute Gasteiger partial charge is 0.227 e. The molecule has 24 heavy (non-hydrogen) atoms. The second-order valence-corrected chi connectivity index (χ2v) is 6.83. The number of rotatable bonds is 5. The van der Waals surface area contributed by atoms with Crippen LogP contribution in [-0.4, -0.2) is 18.0 Å². The fourth-order valence-corrected chi connectivity index (χ4v) is 3.22. The van der Waals surface area contributed by atoms with E-state index in [-0.39, 0.29) is 11.8 Å². The standard InChI is InChI=1S/C19H20N2O2S/c1-12(19(22)20-10-17-11-24-13(2)21-17)14-4-5-16-9-18(23-3)7-6-15(16)8-14/h4-9,11-12H,10H2,1-3H3,(H,20,22)/t12-/m0/s1. The topological polar surface area (TPSA) is 51.2 Å². The molecule has 3 aromatic rings. The summed E-state index contributed by atoms with van der Waals surface area (Å²) in [5.41, 5.74) is 1.91. The average molecular weight is 340 g/mol. The normalized spacial score (nSPS) is 12.1. The number of amides is 1. The fourth-order valence-electron chi connectivity index (χ4n) is 2.61. The molecule has 0 radical (unpaired) electrons. The van der Waals surface area contributed by atoms with Crippen LogP contribution >= 0.6 is 11.3 Å². The van der Waals surface area contributed by atoms with Gasteiger partial charge in [0.25, 0.3) is 0 Å². The van der Waals surface area contributed by atoms with Crippen LogP contribution in [0.2, 0.25) is 0 Å². The number of thiazole rings is 1. The number of fused-ring (bicyclic) bond motifs is 1. The summed E-state index contributed by atoms with van der Waals surface area (Å²) in [6, 6.07) is 12.0. The zero-order valence-corrected chi connectivity index (χ0v) is 14.8. The minimum atomic E-state index is -0.212. The van der Waals surface area contributed by atoms with Crippen molar-refractivity contribution in [3.05, 3.63) is 58.0 Å². The van der Waals surface area contributed by atoms with Gasteiger partial charge in [0, 0.05) is 5.38 Å². The van der Waals surface area contributed by atoms with Gasteiger partial charge in [0.05, 0.1) is 30.3 Å². The van der Waals surface area contributed by atoms with E-state index < -0.39 is 0 Å². The number of hydrogen-bond donors (Lipinski definition) is 1. The van der Waals surface area contributed by atoms with Crippen LogP contribution < -0.4 is 10.1 Å². The van der Waals surface area contributed by atoms with E-state index in [0.29, 0.717) is 6.54 Å². The summed E-state index contributed by atoms with van der Waals surface area (Å²) in [7, 11) is 1.66. The molecule has 1 heterocycles. The maximum absolute atomic E-state index is 12.4. The molecule has 5 heteroatoms. The number of aromatic nitrogens is 1. The van der Waals surface area contributed by atoms with Crippen molar-refractivity contribution < 1.29 is 9.53 Å². The van der Waals surface area contributed by atoms with E-state index in [9.17, 15) is 4.79 Å². The summed E-state index contributed by atoms with van der Waals surface area (Å²) in [4.78, 5) is 16.8. The van der Waals surface area contributed by atoms with Crippen LogP contribution in [0.3, 0.4) is 0 Å². The van der Waals surface area contributed by atoms with Gasteiger partial charge >= 0.3 is 0 Å². The van der Waals surface area contributed by atoms with Gasteiger partial charge in [-0.05, 0) is 42.3 Å². The van der Waals surface area contributed by atoms with E-state index in [1.165, 1.54) is 0 Å². The number of benzene rings is 2. The lowest BCUT2D eigenvalue weighted by Gasteiger charge is -2.13. The molecule has 1 aromatic heterocycles. The Hall–Kier alpha value is -2.40. The molecule has 0 unspecified atom stereocenters. The Balaban J connectivity index is 1.72. The largest absolute Gasteiger partial charge is 0.497 e. The zero-order valence-electron chi connectivity index (χ0n) is 14.0. The number of methoxy groups -OCH3 is 1. The van der Waals surface area contributed by atoms with Crippen molar-refractivity contribution >= 4 is 28.0 Å². The Morgan fingerprint density at radius 2 is 2.00 bits per heavy atom. The van der Waals surface area contributed by atoms with Crippen LogP contribution in [0.4, 0.5) is 0 Å². The van der Waals surface area contributed by atoms with Gasteiger partial charge < -0.3 is 10.1 Å². The third kappa shape index (κ3) is 3.57. The lowest BCUT2D eigenvalue weighted by molar-refractivity contribution is -0.122. The Labute approximate surface area is 145 Å². The van der Waals surface area contributed by atoms with Gasteiger partial charge in [-0.3, -0.25) is 4.79 Å². The highest BCUT2D eigenvalue weighted by Gasteiger charge is 2.15. The van der Waals surface area contributed by atoms with Crippen LogP contribution in [-0.2, 0) is 11.3 Å². The summed E-state index contributed by atoms with van der Waals surface area (Å²) >= 11 is 1.59. The number of nitrogens with zero attached hydrogens (tertiary/aromatic N) is 1. The van der Waals surface area contributed by atoms with Crippen molar-refractivity contribution in [2.75, 3.05) is 7.11 Å². The molecule has 2 aromatic carbocycles. The van der Waals surface area contributed by atoms with Gasteiger partial charge in [-0.1, -0.05) is 24.3 Å². The molecule has 0 saturated heterocycles. The zero-order chi connectivity index (χ0) is 17.1. The maximum Gasteiger partial charge on any atom is 0.227 e. The number of ether oxygens (including phenoxy) is 1. The molecule has 0 aliphatic carbocycles. The summed E-state index contributed by atoms with van der Waals surface area (Å²) in [6.07, 6.45) is 0. The fraction of sp³-hybridized carbons (Fsp3) is 0.263. The van der Waals surface area contributed by atoms with Crippen LogP contribution in [0.5, 0.6) is 5.75 Å². The number of aryl methyl sites for hydroxylation is 1. The van der Waals surface area contributed by atoms with E-state index in [1.54, 1.807) is 18.4 Å². The average Bonchev–Trinajstić information content (AvgIpc) is 3.03. The first-order valence-electron chi connectivity index (χ1n) is 7.83. The number of carbonyl (C=O) groups excluding carboxylic acids is 1. The minimum absolute atomic E-state index is 0.00788. The lowest BCUT2D eigenvalue weighted by atomic mass is 9.97. The van der Waals surface area contributed by atoms with Crippen molar-refractivity contribution in [2.24, 2.45) is 0 Å². The minimum Gasteiger partial charge on any atom is -0.497 e. The number of nitrogens with one attached hydrogen (secondary N) is 1. The van der Waals surface area contributed by atoms with E-state index in [1.807, 2.05) is 49.6 Å². The van der Waals surface area contributed by atoms with Crippen molar-refractivity contribution in [1.82, 2.24) is 10.3 Å². The van der Waals surface area contributed by atoms with Gasteiger partial charge in [-0.15, -0.1) is 11.3 Å². The van der Waals surface area contributed by atoms with Gasteiger partial charge in [0.1, 0.15) is 5.75 Å². The Bertz CT molecular complexity index is 873. The van der Waals surface area contributed by atoms with Gasteiger partial charge in [-0.2, -0.15) is 0 Å². The predicted molar refractivity (Wildman–Crippen MR) is 97.6 cm³/mol. The number of hydrogen-bond acceptors (Lipinski definition) is 4. The van der Waals surface area contributed by atoms with Crippen molar-refractivity contribution in [3.63, 3.8) is 0 Å². The molecular formula is C19H20N2O2S. The molecule has 0 aliphatic heterocycles. The highest BCUT2D eigenvalue weighted by atomic mass is 32.1. The molecule has 1 N–H and O–H groups in total. The van der Waals surface area contributed by atoms with E-state index in [2.05, 4.69) is 16.4 Å². The second-order valence-electron chi connectivity index (χ2n) is 5.77. The molecule has 4 nitrogen and oxygen atoms in total. The Morgan fingerprint density at radius 1 is 1.25 bits per heavy atom. The Kier molecular flexibility index (Phi) is 4.81. The van der Waals surface area contributed by atoms with Crippen LogP contribution in [0.1, 0.15) is 29.1 Å². The summed E-state index contributed by atoms with van der Waals surface area (Å²) in [5.74, 6) is 0.629. The van der Waals surface area contributed by atoms with Gasteiger partial charge in [0.2, 0.25) is 5.91 Å². The molecule has 0 aliphatic rings. The van der Waals surface area contributed by atoms with Gasteiger partial charge in [0.15, 0.2) is 0 Å². The monoisotopic (exact) mass is 340 g/mol. The molecular weight excluding hydrogens is 320 g/mol.